The van der Waals surface area contributed by atoms with Crippen molar-refractivity contribution in [1.82, 2.24) is 4.90 Å². The van der Waals surface area contributed by atoms with Gasteiger partial charge in [0.15, 0.2) is 0 Å². The van der Waals surface area contributed by atoms with Gasteiger partial charge < -0.3 is 10.1 Å². The first-order chi connectivity index (χ1) is 16.8. The quantitative estimate of drug-likeness (QED) is 0.280. The summed E-state index contributed by atoms with van der Waals surface area (Å²) in [6.45, 7) is -0.156. The summed E-state index contributed by atoms with van der Waals surface area (Å²) in [4.78, 5) is 39.1. The summed E-state index contributed by atoms with van der Waals surface area (Å²) in [5, 5.41) is 2.77. The number of rotatable bonds is 7. The van der Waals surface area contributed by atoms with Crippen LogP contribution in [0.15, 0.2) is 80.6 Å². The van der Waals surface area contributed by atoms with Gasteiger partial charge in [0.1, 0.15) is 18.9 Å². The van der Waals surface area contributed by atoms with Gasteiger partial charge in [0.05, 0.1) is 10.6 Å². The Kier molecular flexibility index (Phi) is 8.33. The number of benzene rings is 3. The second-order valence-corrected chi connectivity index (χ2v) is 10.5. The molecule has 10 heteroatoms. The van der Waals surface area contributed by atoms with Gasteiger partial charge in [0, 0.05) is 25.1 Å². The molecule has 1 saturated heterocycles. The van der Waals surface area contributed by atoms with Gasteiger partial charge in [-0.05, 0) is 70.2 Å². The Hall–Kier alpha value is -2.59. The molecule has 6 nitrogen and oxygen atoms in total. The average Bonchev–Trinajstić information content (AvgIpc) is 3.08. The van der Waals surface area contributed by atoms with Crippen molar-refractivity contribution in [2.24, 2.45) is 0 Å². The Bertz CT molecular complexity index is 1350. The lowest BCUT2D eigenvalue weighted by molar-refractivity contribution is -0.127. The maximum Gasteiger partial charge on any atom is 0.294 e. The van der Waals surface area contributed by atoms with E-state index in [4.69, 9.17) is 16.3 Å². The molecule has 0 bridgehead atoms. The van der Waals surface area contributed by atoms with E-state index in [0.717, 1.165) is 26.7 Å². The molecule has 1 aliphatic rings. The van der Waals surface area contributed by atoms with Crippen LogP contribution in [0.5, 0.6) is 5.75 Å². The fraction of sp³-hybridized carbons (Fsp3) is 0.0800. The van der Waals surface area contributed by atoms with Gasteiger partial charge in [0.25, 0.3) is 11.1 Å². The SMILES string of the molecule is O=C(CN1C(=O)S/C(=C/c2cc(Br)ccc2OCc2ccccc2Cl)C1=O)Nc1ccccc1Br. The normalized spacial score (nSPS) is 14.5. The van der Waals surface area contributed by atoms with Gasteiger partial charge in [-0.15, -0.1) is 0 Å². The molecule has 0 radical (unpaired) electrons. The summed E-state index contributed by atoms with van der Waals surface area (Å²) in [5.41, 5.74) is 1.98. The molecule has 0 aromatic heterocycles. The number of para-hydroxylation sites is 1. The molecule has 0 saturated carbocycles. The van der Waals surface area contributed by atoms with Crippen LogP contribution in [0, 0.1) is 0 Å². The summed E-state index contributed by atoms with van der Waals surface area (Å²) in [6.07, 6.45) is 1.59. The van der Waals surface area contributed by atoms with Crippen LogP contribution in [0.4, 0.5) is 10.5 Å². The Balaban J connectivity index is 1.50. The minimum absolute atomic E-state index is 0.199. The van der Waals surface area contributed by atoms with Crippen LogP contribution in [-0.4, -0.2) is 28.5 Å². The number of amides is 3. The summed E-state index contributed by atoms with van der Waals surface area (Å²) < 4.78 is 7.44. The van der Waals surface area contributed by atoms with Crippen molar-refractivity contribution in [2.75, 3.05) is 11.9 Å². The summed E-state index contributed by atoms with van der Waals surface area (Å²) >= 11 is 13.8. The smallest absolute Gasteiger partial charge is 0.294 e. The zero-order valence-corrected chi connectivity index (χ0v) is 22.7. The minimum atomic E-state index is -0.542. The number of ether oxygens (including phenoxy) is 1. The van der Waals surface area contributed by atoms with Crippen LogP contribution in [0.2, 0.25) is 5.02 Å². The highest BCUT2D eigenvalue weighted by Gasteiger charge is 2.36. The van der Waals surface area contributed by atoms with Crippen LogP contribution in [0.1, 0.15) is 11.1 Å². The summed E-state index contributed by atoms with van der Waals surface area (Å²) in [7, 11) is 0. The van der Waals surface area contributed by atoms with E-state index in [1.807, 2.05) is 30.3 Å². The first-order valence-corrected chi connectivity index (χ1v) is 13.1. The maximum absolute atomic E-state index is 13.0. The maximum atomic E-state index is 13.0. The number of hydrogen-bond acceptors (Lipinski definition) is 5. The summed E-state index contributed by atoms with van der Waals surface area (Å²) in [5.74, 6) is -0.502. The number of anilines is 1. The molecule has 35 heavy (non-hydrogen) atoms. The third-order valence-corrected chi connectivity index (χ3v) is 7.38. The third-order valence-electron chi connectivity index (χ3n) is 4.92. The van der Waals surface area contributed by atoms with Crippen molar-refractivity contribution in [2.45, 2.75) is 6.61 Å². The lowest BCUT2D eigenvalue weighted by Crippen LogP contribution is -2.36. The van der Waals surface area contributed by atoms with Gasteiger partial charge in [0.2, 0.25) is 5.91 Å². The van der Waals surface area contributed by atoms with E-state index in [-0.39, 0.29) is 11.5 Å². The first kappa shape index (κ1) is 25.5. The molecule has 0 atom stereocenters. The number of hydrogen-bond donors (Lipinski definition) is 1. The Morgan fingerprint density at radius 1 is 1.06 bits per heavy atom. The predicted molar refractivity (Wildman–Crippen MR) is 145 cm³/mol. The van der Waals surface area contributed by atoms with Crippen molar-refractivity contribution in [3.63, 3.8) is 0 Å². The molecule has 3 aromatic rings. The summed E-state index contributed by atoms with van der Waals surface area (Å²) in [6, 6.07) is 19.8. The number of carbonyl (C=O) groups excluding carboxylic acids is 3. The molecular weight excluding hydrogens is 620 g/mol. The number of nitrogens with one attached hydrogen (secondary N) is 1. The first-order valence-electron chi connectivity index (χ1n) is 10.3. The Morgan fingerprint density at radius 3 is 2.57 bits per heavy atom. The van der Waals surface area contributed by atoms with Crippen molar-refractivity contribution in [3.8, 4) is 5.75 Å². The molecule has 1 N–H and O–H groups in total. The van der Waals surface area contributed by atoms with E-state index in [2.05, 4.69) is 37.2 Å². The Labute approximate surface area is 227 Å². The van der Waals surface area contributed by atoms with Crippen LogP contribution in [0.25, 0.3) is 6.08 Å². The molecule has 178 valence electrons. The molecular formula is C25H17Br2ClN2O4S. The van der Waals surface area contributed by atoms with E-state index in [1.165, 1.54) is 0 Å². The van der Waals surface area contributed by atoms with Crippen LogP contribution >= 0.6 is 55.2 Å². The molecule has 3 aromatic carbocycles. The molecule has 4 rings (SSSR count). The lowest BCUT2D eigenvalue weighted by Gasteiger charge is -2.13. The monoisotopic (exact) mass is 634 g/mol. The van der Waals surface area contributed by atoms with E-state index >= 15 is 0 Å². The van der Waals surface area contributed by atoms with Gasteiger partial charge >= 0.3 is 0 Å². The highest BCUT2D eigenvalue weighted by Crippen LogP contribution is 2.35. The second kappa shape index (κ2) is 11.4. The van der Waals surface area contributed by atoms with E-state index in [0.29, 0.717) is 26.5 Å². The van der Waals surface area contributed by atoms with Crippen molar-refractivity contribution < 1.29 is 19.1 Å². The van der Waals surface area contributed by atoms with Crippen LogP contribution in [-0.2, 0) is 16.2 Å². The van der Waals surface area contributed by atoms with Crippen LogP contribution in [0.3, 0.4) is 0 Å². The predicted octanol–water partition coefficient (Wildman–Crippen LogP) is 7.12. The fourth-order valence-corrected chi connectivity index (χ4v) is 4.99. The molecule has 1 fully saturated rings. The van der Waals surface area contributed by atoms with Crippen molar-refractivity contribution in [3.05, 3.63) is 96.7 Å². The van der Waals surface area contributed by atoms with E-state index in [1.54, 1.807) is 42.5 Å². The molecule has 0 unspecified atom stereocenters. The van der Waals surface area contributed by atoms with E-state index < -0.39 is 23.6 Å². The number of nitrogens with zero attached hydrogens (tertiary/aromatic N) is 1. The molecule has 0 aliphatic carbocycles. The Morgan fingerprint density at radius 2 is 1.80 bits per heavy atom. The van der Waals surface area contributed by atoms with Crippen molar-refractivity contribution in [1.29, 1.82) is 0 Å². The standard InChI is InChI=1S/C25H17Br2ClN2O4S/c26-17-9-10-21(34-14-15-5-1-3-7-19(15)28)16(11-17)12-22-24(32)30(25(33)35-22)13-23(31)29-20-8-4-2-6-18(20)27/h1-12H,13-14H2,(H,29,31)/b22-12+. The number of imide groups is 1. The third kappa shape index (κ3) is 6.35. The van der Waals surface area contributed by atoms with Gasteiger partial charge in [-0.3, -0.25) is 19.3 Å². The zero-order valence-electron chi connectivity index (χ0n) is 18.0. The van der Waals surface area contributed by atoms with Crippen LogP contribution < -0.4 is 10.1 Å². The van der Waals surface area contributed by atoms with Gasteiger partial charge in [-0.25, -0.2) is 0 Å². The molecule has 3 amide bonds. The van der Waals surface area contributed by atoms with Crippen molar-refractivity contribution >= 4 is 84.0 Å². The lowest BCUT2D eigenvalue weighted by atomic mass is 10.1. The van der Waals surface area contributed by atoms with Gasteiger partial charge in [-0.1, -0.05) is 57.9 Å². The zero-order chi connectivity index (χ0) is 24.9. The number of carbonyl (C=O) groups is 3. The molecule has 0 spiro atoms. The highest BCUT2D eigenvalue weighted by molar-refractivity contribution is 9.10. The van der Waals surface area contributed by atoms with E-state index in [9.17, 15) is 14.4 Å². The molecule has 1 heterocycles. The topological polar surface area (TPSA) is 75.7 Å². The number of halogens is 3. The highest BCUT2D eigenvalue weighted by atomic mass is 79.9. The number of thioether (sulfide) groups is 1. The second-order valence-electron chi connectivity index (χ2n) is 7.36. The minimum Gasteiger partial charge on any atom is -0.488 e. The largest absolute Gasteiger partial charge is 0.488 e. The molecule has 1 aliphatic heterocycles. The fourth-order valence-electron chi connectivity index (χ4n) is 3.21. The van der Waals surface area contributed by atoms with Gasteiger partial charge in [-0.2, -0.15) is 0 Å². The average molecular weight is 637 g/mol.